The predicted molar refractivity (Wildman–Crippen MR) is 171 cm³/mol. The van der Waals surface area contributed by atoms with Gasteiger partial charge in [0.15, 0.2) is 0 Å². The molecule has 240 valence electrons. The van der Waals surface area contributed by atoms with Crippen LogP contribution in [0.15, 0.2) is 82.6 Å². The number of primary sulfonamides is 1. The van der Waals surface area contributed by atoms with Crippen molar-refractivity contribution in [1.29, 1.82) is 5.41 Å². The fourth-order valence-electron chi connectivity index (χ4n) is 5.23. The summed E-state index contributed by atoms with van der Waals surface area (Å²) in [6.07, 6.45) is 2.55. The Balaban J connectivity index is 1.10. The number of anilines is 2. The van der Waals surface area contributed by atoms with Crippen molar-refractivity contribution >= 4 is 43.3 Å². The van der Waals surface area contributed by atoms with E-state index in [9.17, 15) is 21.6 Å². The second-order valence-corrected chi connectivity index (χ2v) is 14.3. The summed E-state index contributed by atoms with van der Waals surface area (Å²) in [7, 11) is -7.71. The lowest BCUT2D eigenvalue weighted by Crippen LogP contribution is -2.50. The highest BCUT2D eigenvalue weighted by Crippen LogP contribution is 2.19. The van der Waals surface area contributed by atoms with Crippen LogP contribution in [0.3, 0.4) is 0 Å². The lowest BCUT2D eigenvalue weighted by Gasteiger charge is -2.37. The summed E-state index contributed by atoms with van der Waals surface area (Å²) in [5.74, 6) is 0.404. The monoisotopic (exact) mass is 655 g/mol. The van der Waals surface area contributed by atoms with Gasteiger partial charge in [-0.25, -0.2) is 31.5 Å². The van der Waals surface area contributed by atoms with E-state index in [1.54, 1.807) is 18.2 Å². The molecule has 0 spiro atoms. The molecule has 0 radical (unpaired) electrons. The van der Waals surface area contributed by atoms with Crippen LogP contribution in [0, 0.1) is 5.41 Å². The largest absolute Gasteiger partial charge is 0.377 e. The third-order valence-electron chi connectivity index (χ3n) is 7.71. The van der Waals surface area contributed by atoms with Gasteiger partial charge in [-0.2, -0.15) is 0 Å². The topological polar surface area (TPSA) is 187 Å². The molecule has 0 bridgehead atoms. The summed E-state index contributed by atoms with van der Waals surface area (Å²) in [6.45, 7) is 4.97. The molecule has 45 heavy (non-hydrogen) atoms. The van der Waals surface area contributed by atoms with Crippen molar-refractivity contribution < 1.29 is 26.4 Å². The fourth-order valence-corrected chi connectivity index (χ4v) is 6.76. The number of nitrogens with two attached hydrogens (primary N) is 1. The van der Waals surface area contributed by atoms with Gasteiger partial charge in [-0.05, 0) is 66.9 Å². The summed E-state index contributed by atoms with van der Waals surface area (Å²) in [5, 5.41) is 19.3. The molecule has 6 N–H and O–H groups in total. The Morgan fingerprint density at radius 2 is 1.56 bits per heavy atom. The standard InChI is InChI=1S/C30H37N7O6S2/c31-29(37-16-14-36(15-17-37)21-26-5-2-18-43-26)23-3-1-4-25(19-23)35-30(38)34-24-8-12-28(13-9-24)45(41,42)33-20-22-6-10-27(11-7-22)44(32,39)40/h1,3-4,6-13,19,26,31,33H,2,5,14-18,20-21H2,(H2,32,39,40)(H2,34,35,38). The number of benzene rings is 3. The summed E-state index contributed by atoms with van der Waals surface area (Å²) < 4.78 is 56.5. The van der Waals surface area contributed by atoms with Crippen LogP contribution in [-0.2, 0) is 31.3 Å². The van der Waals surface area contributed by atoms with Gasteiger partial charge in [-0.3, -0.25) is 10.3 Å². The van der Waals surface area contributed by atoms with Crippen LogP contribution in [0.5, 0.6) is 0 Å². The summed E-state index contributed by atoms with van der Waals surface area (Å²) >= 11 is 0. The molecule has 3 aromatic carbocycles. The third-order valence-corrected chi connectivity index (χ3v) is 10.1. The molecule has 2 heterocycles. The lowest BCUT2D eigenvalue weighted by atomic mass is 10.1. The average molecular weight is 656 g/mol. The molecular weight excluding hydrogens is 619 g/mol. The number of nitrogens with zero attached hydrogens (tertiary/aromatic N) is 2. The van der Waals surface area contributed by atoms with E-state index in [4.69, 9.17) is 15.3 Å². The van der Waals surface area contributed by atoms with Crippen molar-refractivity contribution in [2.75, 3.05) is 50.0 Å². The number of hydrogen-bond acceptors (Lipinski definition) is 8. The molecule has 2 aliphatic heterocycles. The number of carbonyl (C=O) groups is 1. The van der Waals surface area contributed by atoms with Crippen LogP contribution in [-0.4, -0.2) is 83.9 Å². The first kappa shape index (κ1) is 32.5. The van der Waals surface area contributed by atoms with Crippen molar-refractivity contribution in [3.63, 3.8) is 0 Å². The number of amides is 2. The number of piperazine rings is 1. The first-order valence-electron chi connectivity index (χ1n) is 14.5. The second-order valence-electron chi connectivity index (χ2n) is 11.0. The number of hydrogen-bond donors (Lipinski definition) is 5. The van der Waals surface area contributed by atoms with Gasteiger partial charge in [0.2, 0.25) is 20.0 Å². The Kier molecular flexibility index (Phi) is 10.2. The summed E-state index contributed by atoms with van der Waals surface area (Å²) in [5.41, 5.74) is 2.15. The average Bonchev–Trinajstić information content (AvgIpc) is 3.53. The molecule has 1 unspecified atom stereocenters. The Hall–Kier alpha value is -3.86. The minimum absolute atomic E-state index is 0.00599. The molecule has 2 amide bonds. The van der Waals surface area contributed by atoms with E-state index in [1.807, 2.05) is 11.0 Å². The fraction of sp³-hybridized carbons (Fsp3) is 0.333. The van der Waals surface area contributed by atoms with E-state index in [-0.39, 0.29) is 16.3 Å². The number of ether oxygens (including phenoxy) is 1. The Morgan fingerprint density at radius 1 is 0.889 bits per heavy atom. The molecule has 0 aliphatic carbocycles. The van der Waals surface area contributed by atoms with E-state index < -0.39 is 26.1 Å². The maximum Gasteiger partial charge on any atom is 0.323 e. The molecule has 13 nitrogen and oxygen atoms in total. The van der Waals surface area contributed by atoms with Crippen molar-refractivity contribution in [1.82, 2.24) is 14.5 Å². The van der Waals surface area contributed by atoms with Crippen molar-refractivity contribution in [3.05, 3.63) is 83.9 Å². The summed E-state index contributed by atoms with van der Waals surface area (Å²) in [6, 6.07) is 17.8. The maximum atomic E-state index is 12.7. The number of nitrogens with one attached hydrogen (secondary N) is 4. The Bertz CT molecular complexity index is 1720. The minimum atomic E-state index is -3.88. The molecule has 0 aromatic heterocycles. The zero-order chi connectivity index (χ0) is 32.0. The predicted octanol–water partition coefficient (Wildman–Crippen LogP) is 2.58. The smallest absolute Gasteiger partial charge is 0.323 e. The van der Waals surface area contributed by atoms with Crippen LogP contribution in [0.4, 0.5) is 16.2 Å². The molecular formula is C30H37N7O6S2. The zero-order valence-corrected chi connectivity index (χ0v) is 26.2. The Labute approximate surface area is 263 Å². The molecule has 1 atom stereocenters. The summed E-state index contributed by atoms with van der Waals surface area (Å²) in [4.78, 5) is 17.1. The molecule has 0 saturated carbocycles. The van der Waals surface area contributed by atoms with E-state index in [0.29, 0.717) is 34.4 Å². The number of urea groups is 1. The lowest BCUT2D eigenvalue weighted by molar-refractivity contribution is 0.0603. The van der Waals surface area contributed by atoms with Crippen LogP contribution >= 0.6 is 0 Å². The Morgan fingerprint density at radius 3 is 2.20 bits per heavy atom. The van der Waals surface area contributed by atoms with Crippen LogP contribution in [0.25, 0.3) is 0 Å². The van der Waals surface area contributed by atoms with Gasteiger partial charge >= 0.3 is 6.03 Å². The van der Waals surface area contributed by atoms with Gasteiger partial charge in [0.05, 0.1) is 15.9 Å². The van der Waals surface area contributed by atoms with E-state index in [2.05, 4.69) is 20.3 Å². The van der Waals surface area contributed by atoms with E-state index >= 15 is 0 Å². The molecule has 5 rings (SSSR count). The van der Waals surface area contributed by atoms with Crippen molar-refractivity contribution in [3.8, 4) is 0 Å². The van der Waals surface area contributed by atoms with E-state index in [0.717, 1.165) is 52.2 Å². The van der Waals surface area contributed by atoms with Gasteiger partial charge in [0.1, 0.15) is 5.84 Å². The van der Waals surface area contributed by atoms with Gasteiger partial charge in [0.25, 0.3) is 0 Å². The highest BCUT2D eigenvalue weighted by Gasteiger charge is 2.24. The molecule has 2 saturated heterocycles. The number of carbonyl (C=O) groups excluding carboxylic acids is 1. The quantitative estimate of drug-likeness (QED) is 0.163. The number of sulfonamides is 2. The second kappa shape index (κ2) is 14.1. The SMILES string of the molecule is N=C(c1cccc(NC(=O)Nc2ccc(S(=O)(=O)NCc3ccc(S(N)(=O)=O)cc3)cc2)c1)N1CCN(CC2CCCO2)CC1. The van der Waals surface area contributed by atoms with Crippen molar-refractivity contribution in [2.45, 2.75) is 35.3 Å². The first-order chi connectivity index (χ1) is 21.5. The zero-order valence-electron chi connectivity index (χ0n) is 24.6. The van der Waals surface area contributed by atoms with E-state index in [1.165, 1.54) is 48.5 Å². The molecule has 2 fully saturated rings. The normalized spacial score (nSPS) is 17.6. The van der Waals surface area contributed by atoms with Crippen LogP contribution in [0.2, 0.25) is 0 Å². The highest BCUT2D eigenvalue weighted by molar-refractivity contribution is 7.89. The number of amidine groups is 1. The first-order valence-corrected chi connectivity index (χ1v) is 17.6. The minimum Gasteiger partial charge on any atom is -0.377 e. The van der Waals surface area contributed by atoms with Crippen LogP contribution in [0.1, 0.15) is 24.0 Å². The molecule has 2 aliphatic rings. The maximum absolute atomic E-state index is 12.7. The third kappa shape index (κ3) is 8.87. The van der Waals surface area contributed by atoms with Crippen molar-refractivity contribution in [2.24, 2.45) is 5.14 Å². The van der Waals surface area contributed by atoms with Gasteiger partial charge < -0.3 is 20.3 Å². The van der Waals surface area contributed by atoms with Gasteiger partial charge in [0, 0.05) is 62.8 Å². The van der Waals surface area contributed by atoms with Crippen LogP contribution < -0.4 is 20.5 Å². The number of rotatable bonds is 10. The van der Waals surface area contributed by atoms with Gasteiger partial charge in [-0.15, -0.1) is 0 Å². The van der Waals surface area contributed by atoms with Gasteiger partial charge in [-0.1, -0.05) is 24.3 Å². The molecule has 15 heteroatoms. The molecule has 3 aromatic rings. The highest BCUT2D eigenvalue weighted by atomic mass is 32.2.